The quantitative estimate of drug-likeness (QED) is 0.856. The molecule has 1 aromatic heterocycles. The van der Waals surface area contributed by atoms with E-state index in [1.807, 2.05) is 4.90 Å². The van der Waals surface area contributed by atoms with Crippen LogP contribution in [0.4, 0.5) is 24.7 Å². The van der Waals surface area contributed by atoms with E-state index in [1.165, 1.54) is 6.07 Å². The van der Waals surface area contributed by atoms with E-state index in [0.29, 0.717) is 42.7 Å². The number of amides is 1. The first-order valence-corrected chi connectivity index (χ1v) is 8.76. The van der Waals surface area contributed by atoms with Crippen LogP contribution in [0.1, 0.15) is 5.69 Å². The zero-order valence-corrected chi connectivity index (χ0v) is 15.1. The van der Waals surface area contributed by atoms with Crippen molar-refractivity contribution in [1.29, 1.82) is 0 Å². The normalized spacial score (nSPS) is 15.6. The highest BCUT2D eigenvalue weighted by molar-refractivity contribution is 6.30. The highest BCUT2D eigenvalue weighted by Crippen LogP contribution is 2.29. The summed E-state index contributed by atoms with van der Waals surface area (Å²) in [6.07, 6.45) is -4.46. The summed E-state index contributed by atoms with van der Waals surface area (Å²) < 4.78 is 38.4. The number of hydrogen-bond acceptors (Lipinski definition) is 4. The third-order valence-corrected chi connectivity index (χ3v) is 4.47. The van der Waals surface area contributed by atoms with Crippen LogP contribution in [0.3, 0.4) is 0 Å². The van der Waals surface area contributed by atoms with Crippen LogP contribution in [-0.2, 0) is 11.0 Å². The number of pyridine rings is 1. The number of alkyl halides is 3. The number of nitrogens with one attached hydrogen (secondary N) is 1. The summed E-state index contributed by atoms with van der Waals surface area (Å²) >= 11 is 5.81. The molecule has 0 radical (unpaired) electrons. The number of nitrogens with zero attached hydrogens (tertiary/aromatic N) is 3. The monoisotopic (exact) mass is 398 g/mol. The maximum absolute atomic E-state index is 12.8. The number of aromatic nitrogens is 1. The van der Waals surface area contributed by atoms with Crippen molar-refractivity contribution in [2.75, 3.05) is 42.9 Å². The second-order valence-corrected chi connectivity index (χ2v) is 6.63. The number of halogens is 4. The van der Waals surface area contributed by atoms with Gasteiger partial charge in [-0.2, -0.15) is 13.2 Å². The number of benzene rings is 1. The Balaban J connectivity index is 1.51. The van der Waals surface area contributed by atoms with Gasteiger partial charge in [-0.05, 0) is 36.4 Å². The van der Waals surface area contributed by atoms with Crippen molar-refractivity contribution in [2.24, 2.45) is 0 Å². The second-order valence-electron chi connectivity index (χ2n) is 6.20. The molecule has 0 bridgehead atoms. The van der Waals surface area contributed by atoms with Gasteiger partial charge in [0, 0.05) is 36.9 Å². The minimum Gasteiger partial charge on any atom is -0.354 e. The maximum Gasteiger partial charge on any atom is 0.433 e. The molecule has 0 aliphatic carbocycles. The molecule has 1 N–H and O–H groups in total. The van der Waals surface area contributed by atoms with Crippen LogP contribution in [0.2, 0.25) is 5.02 Å². The summed E-state index contributed by atoms with van der Waals surface area (Å²) in [6, 6.07) is 10.7. The summed E-state index contributed by atoms with van der Waals surface area (Å²) in [4.78, 5) is 19.6. The van der Waals surface area contributed by atoms with Crippen molar-refractivity contribution < 1.29 is 18.0 Å². The number of rotatable bonds is 4. The van der Waals surface area contributed by atoms with Gasteiger partial charge in [-0.3, -0.25) is 9.69 Å². The van der Waals surface area contributed by atoms with Gasteiger partial charge >= 0.3 is 6.18 Å². The van der Waals surface area contributed by atoms with Gasteiger partial charge in [0.25, 0.3) is 0 Å². The average Bonchev–Trinajstić information content (AvgIpc) is 2.64. The largest absolute Gasteiger partial charge is 0.433 e. The Labute approximate surface area is 159 Å². The molecule has 0 spiro atoms. The molecule has 1 aromatic carbocycles. The van der Waals surface area contributed by atoms with E-state index in [0.717, 1.165) is 6.07 Å². The van der Waals surface area contributed by atoms with E-state index in [9.17, 15) is 18.0 Å². The lowest BCUT2D eigenvalue weighted by Crippen LogP contribution is -2.49. The van der Waals surface area contributed by atoms with Crippen molar-refractivity contribution in [1.82, 2.24) is 9.88 Å². The second kappa shape index (κ2) is 8.14. The Morgan fingerprint density at radius 2 is 1.74 bits per heavy atom. The lowest BCUT2D eigenvalue weighted by atomic mass is 10.2. The van der Waals surface area contributed by atoms with Gasteiger partial charge in [-0.1, -0.05) is 17.7 Å². The summed E-state index contributed by atoms with van der Waals surface area (Å²) in [7, 11) is 0. The standard InChI is InChI=1S/C18H18ClF3N4O/c19-13-4-6-14(7-5-13)23-17(27)12-25-8-10-26(11-9-25)16-3-1-2-15(24-16)18(20,21)22/h1-7H,8-12H2,(H,23,27). The fourth-order valence-electron chi connectivity index (χ4n) is 2.83. The Hall–Kier alpha value is -2.32. The number of carbonyl (C=O) groups is 1. The molecule has 2 aromatic rings. The topological polar surface area (TPSA) is 48.5 Å². The SMILES string of the molecule is O=C(CN1CCN(c2cccc(C(F)(F)F)n2)CC1)Nc1ccc(Cl)cc1. The van der Waals surface area contributed by atoms with Gasteiger partial charge in [-0.15, -0.1) is 0 Å². The van der Waals surface area contributed by atoms with Gasteiger partial charge in [-0.25, -0.2) is 4.98 Å². The van der Waals surface area contributed by atoms with Crippen LogP contribution in [0.25, 0.3) is 0 Å². The zero-order valence-electron chi connectivity index (χ0n) is 14.3. The molecule has 5 nitrogen and oxygen atoms in total. The first-order chi connectivity index (χ1) is 12.8. The van der Waals surface area contributed by atoms with Gasteiger partial charge in [0.15, 0.2) is 0 Å². The third kappa shape index (κ3) is 5.33. The third-order valence-electron chi connectivity index (χ3n) is 4.22. The van der Waals surface area contributed by atoms with Crippen LogP contribution in [0, 0.1) is 0 Å². The van der Waals surface area contributed by atoms with E-state index in [1.54, 1.807) is 35.2 Å². The summed E-state index contributed by atoms with van der Waals surface area (Å²) in [5.74, 6) is 0.151. The molecule has 2 heterocycles. The molecule has 0 saturated carbocycles. The lowest BCUT2D eigenvalue weighted by Gasteiger charge is -2.35. The zero-order chi connectivity index (χ0) is 19.4. The number of piperazine rings is 1. The molecule has 9 heteroatoms. The van der Waals surface area contributed by atoms with Crippen LogP contribution >= 0.6 is 11.6 Å². The first-order valence-electron chi connectivity index (χ1n) is 8.38. The van der Waals surface area contributed by atoms with Crippen LogP contribution in [0.15, 0.2) is 42.5 Å². The number of carbonyl (C=O) groups excluding carboxylic acids is 1. The minimum atomic E-state index is -4.46. The van der Waals surface area contributed by atoms with Crippen molar-refractivity contribution in [2.45, 2.75) is 6.18 Å². The Kier molecular flexibility index (Phi) is 5.86. The smallest absolute Gasteiger partial charge is 0.354 e. The molecular formula is C18H18ClF3N4O. The van der Waals surface area contributed by atoms with Crippen molar-refractivity contribution >= 4 is 29.0 Å². The van der Waals surface area contributed by atoms with Gasteiger partial charge in [0.2, 0.25) is 5.91 Å². The molecule has 0 atom stereocenters. The molecule has 1 aliphatic rings. The molecule has 3 rings (SSSR count). The Morgan fingerprint density at radius 3 is 2.37 bits per heavy atom. The van der Waals surface area contributed by atoms with Crippen molar-refractivity contribution in [3.8, 4) is 0 Å². The molecule has 1 amide bonds. The Morgan fingerprint density at radius 1 is 1.07 bits per heavy atom. The van der Waals surface area contributed by atoms with Gasteiger partial charge in [0.05, 0.1) is 6.54 Å². The maximum atomic E-state index is 12.8. The minimum absolute atomic E-state index is 0.150. The highest BCUT2D eigenvalue weighted by atomic mass is 35.5. The molecule has 27 heavy (non-hydrogen) atoms. The fraction of sp³-hybridized carbons (Fsp3) is 0.333. The molecule has 1 aliphatic heterocycles. The number of hydrogen-bond donors (Lipinski definition) is 1. The fourth-order valence-corrected chi connectivity index (χ4v) is 2.96. The van der Waals surface area contributed by atoms with E-state index in [4.69, 9.17) is 11.6 Å². The Bertz CT molecular complexity index is 790. The molecule has 1 fully saturated rings. The summed E-state index contributed by atoms with van der Waals surface area (Å²) in [5.41, 5.74) is -0.235. The van der Waals surface area contributed by atoms with Crippen LogP contribution in [0.5, 0.6) is 0 Å². The number of anilines is 2. The first kappa shape index (κ1) is 19.4. The molecular weight excluding hydrogens is 381 g/mol. The van der Waals surface area contributed by atoms with E-state index < -0.39 is 11.9 Å². The molecule has 1 saturated heterocycles. The van der Waals surface area contributed by atoms with E-state index in [2.05, 4.69) is 10.3 Å². The summed E-state index contributed by atoms with van der Waals surface area (Å²) in [5, 5.41) is 3.38. The van der Waals surface area contributed by atoms with Crippen LogP contribution in [-0.4, -0.2) is 48.5 Å². The van der Waals surface area contributed by atoms with E-state index >= 15 is 0 Å². The summed E-state index contributed by atoms with van der Waals surface area (Å²) in [6.45, 7) is 2.34. The van der Waals surface area contributed by atoms with Gasteiger partial charge < -0.3 is 10.2 Å². The highest BCUT2D eigenvalue weighted by Gasteiger charge is 2.33. The predicted octanol–water partition coefficient (Wildman–Crippen LogP) is 3.51. The van der Waals surface area contributed by atoms with Gasteiger partial charge in [0.1, 0.15) is 11.5 Å². The lowest BCUT2D eigenvalue weighted by molar-refractivity contribution is -0.141. The predicted molar refractivity (Wildman–Crippen MR) is 98.0 cm³/mol. The van der Waals surface area contributed by atoms with E-state index in [-0.39, 0.29) is 12.5 Å². The van der Waals surface area contributed by atoms with Crippen molar-refractivity contribution in [3.05, 3.63) is 53.2 Å². The van der Waals surface area contributed by atoms with Crippen LogP contribution < -0.4 is 10.2 Å². The molecule has 0 unspecified atom stereocenters. The average molecular weight is 399 g/mol. The molecule has 144 valence electrons. The van der Waals surface area contributed by atoms with Crippen molar-refractivity contribution in [3.63, 3.8) is 0 Å².